The minimum atomic E-state index is -0.442. The van der Waals surface area contributed by atoms with Gasteiger partial charge in [-0.15, -0.1) is 0 Å². The second kappa shape index (κ2) is 9.66. The number of aromatic nitrogens is 3. The molecule has 0 radical (unpaired) electrons. The van der Waals surface area contributed by atoms with Gasteiger partial charge in [-0.3, -0.25) is 0 Å². The van der Waals surface area contributed by atoms with Gasteiger partial charge in [-0.25, -0.2) is 15.0 Å². The van der Waals surface area contributed by atoms with E-state index in [2.05, 4.69) is 140 Å². The number of hydrogen-bond acceptors (Lipinski definition) is 3. The van der Waals surface area contributed by atoms with Gasteiger partial charge in [0.25, 0.3) is 0 Å². The molecular weight excluding hydrogens is 558 g/mol. The maximum Gasteiger partial charge on any atom is 0.163 e. The minimum absolute atomic E-state index is 0.410. The summed E-state index contributed by atoms with van der Waals surface area (Å²) in [6.45, 7) is 0. The van der Waals surface area contributed by atoms with Gasteiger partial charge in [-0.1, -0.05) is 140 Å². The van der Waals surface area contributed by atoms with Gasteiger partial charge in [-0.05, 0) is 73.5 Å². The van der Waals surface area contributed by atoms with Crippen molar-refractivity contribution in [3.05, 3.63) is 174 Å². The second-order valence-electron chi connectivity index (χ2n) is 12.7. The molecule has 0 spiro atoms. The molecule has 0 amide bonds. The lowest BCUT2D eigenvalue weighted by atomic mass is 9.55. The topological polar surface area (TPSA) is 38.7 Å². The van der Waals surface area contributed by atoms with Gasteiger partial charge in [0.1, 0.15) is 5.82 Å². The normalized spacial score (nSPS) is 18.1. The van der Waals surface area contributed by atoms with E-state index in [9.17, 15) is 0 Å². The Morgan fingerprint density at radius 3 is 1.57 bits per heavy atom. The molecule has 1 aromatic heterocycles. The van der Waals surface area contributed by atoms with Crippen molar-refractivity contribution in [1.29, 1.82) is 0 Å². The third-order valence-corrected chi connectivity index (χ3v) is 10.5. The Bertz CT molecular complexity index is 2420. The summed E-state index contributed by atoms with van der Waals surface area (Å²) in [5.74, 6) is 2.66. The summed E-state index contributed by atoms with van der Waals surface area (Å²) in [4.78, 5) is 16.0. The van der Waals surface area contributed by atoms with Crippen molar-refractivity contribution >= 4 is 32.3 Å². The summed E-state index contributed by atoms with van der Waals surface area (Å²) in [6, 6.07) is 52.4. The lowest BCUT2D eigenvalue weighted by molar-refractivity contribution is 0.409. The Balaban J connectivity index is 1.27. The standard InChI is InChI=1S/C43H29N3/c1-2-12-27(13-3-1)40-44-41(28-22-23-33-31-16-5-4-14-29(31)30-15-6-7-17-32(30)37(33)26-28)46-42(45-40)43-25-24-34(35-18-8-10-20-38(35)43)36-19-9-11-21-39(36)43/h1-23,26,34H,24-25H2. The fourth-order valence-electron chi connectivity index (χ4n) is 8.44. The Hall–Kier alpha value is -5.67. The molecule has 0 atom stereocenters. The summed E-state index contributed by atoms with van der Waals surface area (Å²) in [5.41, 5.74) is 7.01. The van der Waals surface area contributed by atoms with Crippen molar-refractivity contribution in [3.63, 3.8) is 0 Å². The number of benzene rings is 7. The zero-order valence-electron chi connectivity index (χ0n) is 25.2. The lowest BCUT2D eigenvalue weighted by Gasteiger charge is -2.48. The van der Waals surface area contributed by atoms with Crippen LogP contribution in [-0.2, 0) is 5.41 Å². The van der Waals surface area contributed by atoms with E-state index in [-0.39, 0.29) is 0 Å². The predicted molar refractivity (Wildman–Crippen MR) is 187 cm³/mol. The first-order chi connectivity index (χ1) is 22.8. The van der Waals surface area contributed by atoms with E-state index in [1.165, 1.54) is 54.6 Å². The van der Waals surface area contributed by atoms with Crippen molar-refractivity contribution in [2.45, 2.75) is 24.2 Å². The highest BCUT2D eigenvalue weighted by molar-refractivity contribution is 6.25. The third-order valence-electron chi connectivity index (χ3n) is 10.5. The van der Waals surface area contributed by atoms with Crippen LogP contribution >= 0.6 is 0 Å². The number of fused-ring (bicyclic) bond motifs is 7. The van der Waals surface area contributed by atoms with Gasteiger partial charge in [0.2, 0.25) is 0 Å². The monoisotopic (exact) mass is 587 g/mol. The molecule has 0 unspecified atom stereocenters. The summed E-state index contributed by atoms with van der Waals surface area (Å²) in [6.07, 6.45) is 2.04. The Morgan fingerprint density at radius 2 is 0.935 bits per heavy atom. The summed E-state index contributed by atoms with van der Waals surface area (Å²) < 4.78 is 0. The summed E-state index contributed by atoms with van der Waals surface area (Å²) in [5, 5.41) is 7.48. The molecule has 2 bridgehead atoms. The largest absolute Gasteiger partial charge is 0.212 e. The molecule has 1 heterocycles. The molecule has 0 fully saturated rings. The fraction of sp³-hybridized carbons (Fsp3) is 0.0930. The van der Waals surface area contributed by atoms with E-state index in [0.717, 1.165) is 29.8 Å². The van der Waals surface area contributed by atoms with Crippen LogP contribution in [0.4, 0.5) is 0 Å². The molecule has 3 nitrogen and oxygen atoms in total. The smallest absolute Gasteiger partial charge is 0.163 e. The molecule has 0 saturated carbocycles. The predicted octanol–water partition coefficient (Wildman–Crippen LogP) is 10.2. The fourth-order valence-corrected chi connectivity index (χ4v) is 8.44. The highest BCUT2D eigenvalue weighted by Crippen LogP contribution is 2.58. The summed E-state index contributed by atoms with van der Waals surface area (Å²) in [7, 11) is 0. The van der Waals surface area contributed by atoms with Crippen LogP contribution in [0.2, 0.25) is 0 Å². The Kier molecular flexibility index (Phi) is 5.39. The van der Waals surface area contributed by atoms with Gasteiger partial charge >= 0.3 is 0 Å². The van der Waals surface area contributed by atoms with Crippen molar-refractivity contribution < 1.29 is 0 Å². The van der Waals surface area contributed by atoms with E-state index in [4.69, 9.17) is 15.0 Å². The van der Waals surface area contributed by atoms with Crippen LogP contribution in [0.1, 0.15) is 46.8 Å². The maximum absolute atomic E-state index is 5.45. The first-order valence-electron chi connectivity index (χ1n) is 16.1. The van der Waals surface area contributed by atoms with Crippen molar-refractivity contribution in [1.82, 2.24) is 15.0 Å². The Labute approximate surface area is 267 Å². The molecule has 11 rings (SSSR count). The second-order valence-corrected chi connectivity index (χ2v) is 12.7. The molecule has 3 heteroatoms. The molecule has 3 aliphatic carbocycles. The molecule has 7 aromatic carbocycles. The Morgan fingerprint density at radius 1 is 0.435 bits per heavy atom. The van der Waals surface area contributed by atoms with Crippen LogP contribution in [0.3, 0.4) is 0 Å². The first-order valence-corrected chi connectivity index (χ1v) is 16.1. The highest BCUT2D eigenvalue weighted by Gasteiger charge is 2.51. The molecule has 8 aromatic rings. The number of rotatable bonds is 3. The van der Waals surface area contributed by atoms with Crippen LogP contribution in [0.5, 0.6) is 0 Å². The first kappa shape index (κ1) is 25.6. The zero-order chi connectivity index (χ0) is 30.2. The van der Waals surface area contributed by atoms with Crippen LogP contribution in [0.15, 0.2) is 146 Å². The third kappa shape index (κ3) is 3.51. The molecule has 0 saturated heterocycles. The van der Waals surface area contributed by atoms with E-state index < -0.39 is 5.41 Å². The molecule has 0 aliphatic heterocycles. The minimum Gasteiger partial charge on any atom is -0.212 e. The molecule has 46 heavy (non-hydrogen) atoms. The van der Waals surface area contributed by atoms with Crippen LogP contribution < -0.4 is 0 Å². The zero-order valence-corrected chi connectivity index (χ0v) is 25.2. The van der Waals surface area contributed by atoms with Gasteiger partial charge < -0.3 is 0 Å². The highest BCUT2D eigenvalue weighted by atomic mass is 15.0. The SMILES string of the molecule is c1ccc(-c2nc(-c3ccc4c5ccccc5c5ccccc5c4c3)nc(C34CCC(c5ccccc53)c3ccccc34)n2)cc1. The van der Waals surface area contributed by atoms with Gasteiger partial charge in [0.05, 0.1) is 5.41 Å². The van der Waals surface area contributed by atoms with Crippen LogP contribution in [0.25, 0.3) is 55.1 Å². The molecule has 216 valence electrons. The van der Waals surface area contributed by atoms with E-state index in [0.29, 0.717) is 17.6 Å². The average Bonchev–Trinajstić information content (AvgIpc) is 3.15. The quantitative estimate of drug-likeness (QED) is 0.193. The van der Waals surface area contributed by atoms with Gasteiger partial charge in [0, 0.05) is 17.0 Å². The van der Waals surface area contributed by atoms with E-state index >= 15 is 0 Å². The van der Waals surface area contributed by atoms with Gasteiger partial charge in [0.15, 0.2) is 11.6 Å². The van der Waals surface area contributed by atoms with E-state index in [1.54, 1.807) is 0 Å². The molecular formula is C43H29N3. The molecule has 0 N–H and O–H groups in total. The van der Waals surface area contributed by atoms with Crippen molar-refractivity contribution in [2.24, 2.45) is 0 Å². The van der Waals surface area contributed by atoms with Gasteiger partial charge in [-0.2, -0.15) is 0 Å². The number of hydrogen-bond donors (Lipinski definition) is 0. The van der Waals surface area contributed by atoms with Crippen molar-refractivity contribution in [2.75, 3.05) is 0 Å². The lowest BCUT2D eigenvalue weighted by Crippen LogP contribution is -2.42. The van der Waals surface area contributed by atoms with E-state index in [1.807, 2.05) is 6.07 Å². The summed E-state index contributed by atoms with van der Waals surface area (Å²) >= 11 is 0. The average molecular weight is 588 g/mol. The maximum atomic E-state index is 5.45. The number of nitrogens with zero attached hydrogens (tertiary/aromatic N) is 3. The van der Waals surface area contributed by atoms with Crippen molar-refractivity contribution in [3.8, 4) is 22.8 Å². The molecule has 3 aliphatic rings. The van der Waals surface area contributed by atoms with Crippen LogP contribution in [0, 0.1) is 0 Å². The van der Waals surface area contributed by atoms with Crippen LogP contribution in [-0.4, -0.2) is 15.0 Å².